The quantitative estimate of drug-likeness (QED) is 0.241. The lowest BCUT2D eigenvalue weighted by Gasteiger charge is -2.36. The Morgan fingerprint density at radius 2 is 1.80 bits per heavy atom. The second-order valence-corrected chi connectivity index (χ2v) is 12.8. The van der Waals surface area contributed by atoms with Gasteiger partial charge in [-0.25, -0.2) is 9.97 Å². The number of hydrogen-bond donors (Lipinski definition) is 1. The van der Waals surface area contributed by atoms with Crippen LogP contribution < -0.4 is 10.2 Å². The third-order valence-corrected chi connectivity index (χ3v) is 9.39. The highest BCUT2D eigenvalue weighted by Gasteiger charge is 2.24. The van der Waals surface area contributed by atoms with Crippen molar-refractivity contribution in [3.8, 4) is 11.4 Å². The summed E-state index contributed by atoms with van der Waals surface area (Å²) in [5.74, 6) is 0.826. The summed E-state index contributed by atoms with van der Waals surface area (Å²) in [5.41, 5.74) is 5.05. The predicted molar refractivity (Wildman–Crippen MR) is 180 cm³/mol. The van der Waals surface area contributed by atoms with Gasteiger partial charge in [-0.2, -0.15) is 0 Å². The summed E-state index contributed by atoms with van der Waals surface area (Å²) in [5, 5.41) is 4.24. The van der Waals surface area contributed by atoms with Crippen molar-refractivity contribution < 1.29 is 14.3 Å². The number of thioether (sulfide) groups is 1. The van der Waals surface area contributed by atoms with Crippen molar-refractivity contribution in [2.24, 2.45) is 0 Å². The number of nitrogens with one attached hydrogen (secondary N) is 1. The number of carbonyl (C=O) groups is 1. The Morgan fingerprint density at radius 1 is 1.02 bits per heavy atom. The van der Waals surface area contributed by atoms with Crippen LogP contribution in [0.1, 0.15) is 47.9 Å². The highest BCUT2D eigenvalue weighted by molar-refractivity contribution is 7.98. The molecule has 9 nitrogen and oxygen atoms in total. The van der Waals surface area contributed by atoms with Crippen molar-refractivity contribution in [3.05, 3.63) is 77.6 Å². The fraction of sp³-hybridized carbons (Fsp3) is 0.429. The van der Waals surface area contributed by atoms with Gasteiger partial charge in [-0.05, 0) is 81.5 Å². The summed E-state index contributed by atoms with van der Waals surface area (Å²) in [6, 6.07) is 17.7. The normalized spacial score (nSPS) is 19.9. The molecule has 0 bridgehead atoms. The maximum Gasteiger partial charge on any atom is 0.251 e. The van der Waals surface area contributed by atoms with Crippen LogP contribution in [-0.2, 0) is 9.47 Å². The average molecular weight is 627 g/mol. The SMILES string of the molecule is CSc1cc(C(=O)NC(CCN2CCOCC2)c2cc3nc(-c4cccc(N5CC(C)OC(C)C5)n4)ccc3cn2)ccc1C. The largest absolute Gasteiger partial charge is 0.379 e. The number of benzene rings is 1. The van der Waals surface area contributed by atoms with Gasteiger partial charge in [-0.1, -0.05) is 12.1 Å². The number of nitrogens with zero attached hydrogens (tertiary/aromatic N) is 5. The first-order valence-corrected chi connectivity index (χ1v) is 17.0. The minimum Gasteiger partial charge on any atom is -0.379 e. The zero-order valence-corrected chi connectivity index (χ0v) is 27.3. The molecule has 4 aromatic rings. The molecule has 2 aliphatic heterocycles. The maximum absolute atomic E-state index is 13.5. The van der Waals surface area contributed by atoms with Crippen LogP contribution in [0.4, 0.5) is 5.82 Å². The van der Waals surface area contributed by atoms with Crippen molar-refractivity contribution in [1.29, 1.82) is 0 Å². The number of carbonyl (C=O) groups excluding carboxylic acids is 1. The Bertz CT molecular complexity index is 1640. The third kappa shape index (κ3) is 7.64. The van der Waals surface area contributed by atoms with Gasteiger partial charge in [0, 0.05) is 54.8 Å². The molecule has 3 atom stereocenters. The van der Waals surface area contributed by atoms with E-state index in [1.165, 1.54) is 0 Å². The van der Waals surface area contributed by atoms with Gasteiger partial charge < -0.3 is 19.7 Å². The number of aryl methyl sites for hydroxylation is 1. The van der Waals surface area contributed by atoms with Crippen LogP contribution in [-0.4, -0.2) is 90.2 Å². The standard InChI is InChI=1S/C35H42N6O3S/c1-23-8-9-26(18-33(23)45-4)35(42)39-30(12-13-40-14-16-43-17-15-40)32-19-31-27(20-36-32)10-11-29(37-31)28-6-5-7-34(38-28)41-21-24(2)44-25(3)22-41/h5-11,18-20,24-25,30H,12-17,21-22H2,1-4H3,(H,39,42). The Kier molecular flexibility index (Phi) is 9.94. The summed E-state index contributed by atoms with van der Waals surface area (Å²) in [6.45, 7) is 12.0. The number of amides is 1. The monoisotopic (exact) mass is 626 g/mol. The molecule has 45 heavy (non-hydrogen) atoms. The first-order chi connectivity index (χ1) is 21.9. The lowest BCUT2D eigenvalue weighted by atomic mass is 10.1. The summed E-state index contributed by atoms with van der Waals surface area (Å²) in [6.07, 6.45) is 4.92. The molecule has 2 aliphatic rings. The van der Waals surface area contributed by atoms with Gasteiger partial charge in [0.1, 0.15) is 5.82 Å². The number of anilines is 1. The van der Waals surface area contributed by atoms with Gasteiger partial charge in [0.05, 0.1) is 54.1 Å². The minimum atomic E-state index is -0.277. The molecule has 10 heteroatoms. The topological polar surface area (TPSA) is 92.7 Å². The smallest absolute Gasteiger partial charge is 0.251 e. The van der Waals surface area contributed by atoms with Gasteiger partial charge in [0.2, 0.25) is 0 Å². The Hall–Kier alpha value is -3.57. The third-order valence-electron chi connectivity index (χ3n) is 8.51. The second-order valence-electron chi connectivity index (χ2n) is 12.0. The first-order valence-electron chi connectivity index (χ1n) is 15.8. The van der Waals surface area contributed by atoms with Crippen LogP contribution in [0.15, 0.2) is 65.7 Å². The molecule has 0 radical (unpaired) electrons. The van der Waals surface area contributed by atoms with E-state index in [1.54, 1.807) is 11.8 Å². The molecular weight excluding hydrogens is 584 g/mol. The summed E-state index contributed by atoms with van der Waals surface area (Å²) < 4.78 is 11.5. The van der Waals surface area contributed by atoms with E-state index >= 15 is 0 Å². The number of pyridine rings is 3. The van der Waals surface area contributed by atoms with Crippen molar-refractivity contribution in [2.45, 2.75) is 50.3 Å². The molecule has 6 rings (SSSR count). The van der Waals surface area contributed by atoms with Gasteiger partial charge in [-0.3, -0.25) is 14.7 Å². The van der Waals surface area contributed by atoms with E-state index in [9.17, 15) is 4.79 Å². The Morgan fingerprint density at radius 3 is 2.58 bits per heavy atom. The zero-order chi connectivity index (χ0) is 31.3. The molecule has 0 saturated carbocycles. The molecule has 1 aromatic carbocycles. The first kappa shape index (κ1) is 31.4. The lowest BCUT2D eigenvalue weighted by molar-refractivity contribution is -0.00545. The Labute approximate surface area is 269 Å². The molecular formula is C35H42N6O3S. The molecule has 1 N–H and O–H groups in total. The van der Waals surface area contributed by atoms with Crippen molar-refractivity contribution in [1.82, 2.24) is 25.2 Å². The molecule has 2 saturated heterocycles. The van der Waals surface area contributed by atoms with E-state index < -0.39 is 0 Å². The van der Waals surface area contributed by atoms with Gasteiger partial charge in [-0.15, -0.1) is 11.8 Å². The number of fused-ring (bicyclic) bond motifs is 1. The summed E-state index contributed by atoms with van der Waals surface area (Å²) >= 11 is 1.65. The van der Waals surface area contributed by atoms with Crippen LogP contribution in [0.5, 0.6) is 0 Å². The van der Waals surface area contributed by atoms with Gasteiger partial charge in [0.15, 0.2) is 0 Å². The number of ether oxygens (including phenoxy) is 2. The van der Waals surface area contributed by atoms with E-state index in [0.29, 0.717) is 5.56 Å². The van der Waals surface area contributed by atoms with Crippen LogP contribution in [0, 0.1) is 6.92 Å². The minimum absolute atomic E-state index is 0.103. The van der Waals surface area contributed by atoms with Crippen LogP contribution in [0.3, 0.4) is 0 Å². The number of hydrogen-bond acceptors (Lipinski definition) is 9. The Balaban J connectivity index is 1.28. The van der Waals surface area contributed by atoms with Gasteiger partial charge >= 0.3 is 0 Å². The summed E-state index contributed by atoms with van der Waals surface area (Å²) in [4.78, 5) is 34.2. The molecule has 1 amide bonds. The molecule has 5 heterocycles. The molecule has 3 unspecified atom stereocenters. The van der Waals surface area contributed by atoms with Crippen molar-refractivity contribution >= 4 is 34.4 Å². The highest BCUT2D eigenvalue weighted by atomic mass is 32.2. The van der Waals surface area contributed by atoms with E-state index in [2.05, 4.69) is 42.0 Å². The van der Waals surface area contributed by atoms with Crippen molar-refractivity contribution in [2.75, 3.05) is 57.1 Å². The fourth-order valence-electron chi connectivity index (χ4n) is 6.11. The lowest BCUT2D eigenvalue weighted by Crippen LogP contribution is -2.45. The molecule has 0 spiro atoms. The molecule has 2 fully saturated rings. The molecule has 0 aliphatic carbocycles. The average Bonchev–Trinajstić information content (AvgIpc) is 3.06. The second kappa shape index (κ2) is 14.2. The number of rotatable bonds is 9. The van der Waals surface area contributed by atoms with Crippen LogP contribution >= 0.6 is 11.8 Å². The van der Waals surface area contributed by atoms with E-state index in [0.717, 1.165) is 96.6 Å². The highest BCUT2D eigenvalue weighted by Crippen LogP contribution is 2.27. The molecule has 236 valence electrons. The zero-order valence-electron chi connectivity index (χ0n) is 26.5. The summed E-state index contributed by atoms with van der Waals surface area (Å²) in [7, 11) is 0. The van der Waals surface area contributed by atoms with Gasteiger partial charge in [0.25, 0.3) is 5.91 Å². The van der Waals surface area contributed by atoms with Crippen LogP contribution in [0.2, 0.25) is 0 Å². The van der Waals surface area contributed by atoms with Crippen LogP contribution in [0.25, 0.3) is 22.3 Å². The number of aromatic nitrogens is 3. The predicted octanol–water partition coefficient (Wildman–Crippen LogP) is 5.53. The fourth-order valence-corrected chi connectivity index (χ4v) is 6.74. The maximum atomic E-state index is 13.5. The number of morpholine rings is 2. The van der Waals surface area contributed by atoms with E-state index in [1.807, 2.05) is 61.0 Å². The van der Waals surface area contributed by atoms with Crippen molar-refractivity contribution in [3.63, 3.8) is 0 Å². The molecule has 3 aromatic heterocycles. The van der Waals surface area contributed by atoms with E-state index in [4.69, 9.17) is 24.4 Å². The van der Waals surface area contributed by atoms with E-state index in [-0.39, 0.29) is 24.2 Å².